The molecule has 0 radical (unpaired) electrons. The number of hydrogen-bond acceptors (Lipinski definition) is 3. The highest BCUT2D eigenvalue weighted by molar-refractivity contribution is 6.04. The number of H-pyrrole nitrogens is 1. The monoisotopic (exact) mass is 243 g/mol. The number of carbonyl (C=O) groups is 2. The van der Waals surface area contributed by atoms with E-state index in [2.05, 4.69) is 10.2 Å². The van der Waals surface area contributed by atoms with Crippen LogP contribution in [0.1, 0.15) is 26.4 Å². The Bertz CT molecular complexity index is 576. The Morgan fingerprint density at radius 3 is 2.72 bits per heavy atom. The molecule has 0 aliphatic heterocycles. The standard InChI is InChI=1S/C13H13N3O2/c1-9-7-10(8-17)3-4-12(9)16(2)13(18)11-5-6-14-15-11/h3-8H,1-2H3,(H,14,15). The van der Waals surface area contributed by atoms with Crippen LogP contribution in [0.3, 0.4) is 0 Å². The number of nitrogens with zero attached hydrogens (tertiary/aromatic N) is 2. The number of nitrogens with one attached hydrogen (secondary N) is 1. The number of hydrogen-bond donors (Lipinski definition) is 1. The lowest BCUT2D eigenvalue weighted by Gasteiger charge is -2.18. The van der Waals surface area contributed by atoms with E-state index < -0.39 is 0 Å². The van der Waals surface area contributed by atoms with Crippen molar-refractivity contribution >= 4 is 17.9 Å². The Balaban J connectivity index is 2.31. The molecule has 5 heteroatoms. The highest BCUT2D eigenvalue weighted by Crippen LogP contribution is 2.20. The topological polar surface area (TPSA) is 66.1 Å². The minimum Gasteiger partial charge on any atom is -0.310 e. The normalized spacial score (nSPS) is 10.1. The average Bonchev–Trinajstić information content (AvgIpc) is 2.90. The average molecular weight is 243 g/mol. The summed E-state index contributed by atoms with van der Waals surface area (Å²) in [6, 6.07) is 6.81. The summed E-state index contributed by atoms with van der Waals surface area (Å²) in [5.41, 5.74) is 2.66. The Morgan fingerprint density at radius 1 is 1.39 bits per heavy atom. The molecule has 1 aromatic carbocycles. The SMILES string of the molecule is Cc1cc(C=O)ccc1N(C)C(=O)c1ccn[nH]1. The number of carbonyl (C=O) groups excluding carboxylic acids is 2. The number of rotatable bonds is 3. The van der Waals surface area contributed by atoms with Crippen molar-refractivity contribution in [2.75, 3.05) is 11.9 Å². The first-order valence-electron chi connectivity index (χ1n) is 5.46. The first-order valence-corrected chi connectivity index (χ1v) is 5.46. The molecule has 0 aliphatic rings. The van der Waals surface area contributed by atoms with Crippen molar-refractivity contribution in [3.8, 4) is 0 Å². The third-order valence-corrected chi connectivity index (χ3v) is 2.75. The van der Waals surface area contributed by atoms with Gasteiger partial charge < -0.3 is 4.90 Å². The van der Waals surface area contributed by atoms with Crippen LogP contribution in [0.4, 0.5) is 5.69 Å². The molecule has 0 atom stereocenters. The maximum atomic E-state index is 12.1. The van der Waals surface area contributed by atoms with Crippen LogP contribution in [-0.2, 0) is 0 Å². The van der Waals surface area contributed by atoms with E-state index in [9.17, 15) is 9.59 Å². The number of amides is 1. The second-order valence-corrected chi connectivity index (χ2v) is 4.00. The lowest BCUT2D eigenvalue weighted by Crippen LogP contribution is -2.27. The second-order valence-electron chi connectivity index (χ2n) is 4.00. The fourth-order valence-corrected chi connectivity index (χ4v) is 1.79. The molecule has 1 heterocycles. The van der Waals surface area contributed by atoms with Crippen LogP contribution in [0, 0.1) is 6.92 Å². The van der Waals surface area contributed by atoms with Crippen molar-refractivity contribution in [2.24, 2.45) is 0 Å². The van der Waals surface area contributed by atoms with E-state index >= 15 is 0 Å². The molecule has 0 fully saturated rings. The van der Waals surface area contributed by atoms with E-state index in [0.29, 0.717) is 11.3 Å². The predicted molar refractivity (Wildman–Crippen MR) is 67.9 cm³/mol. The zero-order valence-electron chi connectivity index (χ0n) is 10.2. The van der Waals surface area contributed by atoms with Crippen molar-refractivity contribution < 1.29 is 9.59 Å². The van der Waals surface area contributed by atoms with Crippen molar-refractivity contribution in [2.45, 2.75) is 6.92 Å². The number of aromatic nitrogens is 2. The summed E-state index contributed by atoms with van der Waals surface area (Å²) in [5.74, 6) is -0.172. The van der Waals surface area contributed by atoms with Gasteiger partial charge in [0.2, 0.25) is 0 Å². The van der Waals surface area contributed by atoms with Gasteiger partial charge in [-0.25, -0.2) is 0 Å². The molecular formula is C13H13N3O2. The van der Waals surface area contributed by atoms with E-state index in [1.807, 2.05) is 6.92 Å². The lowest BCUT2D eigenvalue weighted by atomic mass is 10.1. The van der Waals surface area contributed by atoms with Gasteiger partial charge >= 0.3 is 0 Å². The maximum absolute atomic E-state index is 12.1. The van der Waals surface area contributed by atoms with Crippen LogP contribution in [0.25, 0.3) is 0 Å². The molecule has 1 N–H and O–H groups in total. The van der Waals surface area contributed by atoms with Crippen molar-refractivity contribution in [1.29, 1.82) is 0 Å². The first kappa shape index (κ1) is 12.0. The molecule has 18 heavy (non-hydrogen) atoms. The molecule has 0 saturated heterocycles. The largest absolute Gasteiger partial charge is 0.310 e. The Hall–Kier alpha value is -2.43. The van der Waals surface area contributed by atoms with Gasteiger partial charge in [0, 0.05) is 24.5 Å². The second kappa shape index (κ2) is 4.83. The van der Waals surface area contributed by atoms with Crippen LogP contribution in [0.5, 0.6) is 0 Å². The Morgan fingerprint density at radius 2 is 2.17 bits per heavy atom. The number of anilines is 1. The molecule has 0 aliphatic carbocycles. The van der Waals surface area contributed by atoms with E-state index in [1.165, 1.54) is 11.1 Å². The Labute approximate surface area is 104 Å². The zero-order valence-corrected chi connectivity index (χ0v) is 10.2. The molecule has 1 aromatic heterocycles. The summed E-state index contributed by atoms with van der Waals surface area (Å²) in [6.07, 6.45) is 2.32. The summed E-state index contributed by atoms with van der Waals surface area (Å²) in [4.78, 5) is 24.3. The number of aromatic amines is 1. The fourth-order valence-electron chi connectivity index (χ4n) is 1.79. The van der Waals surface area contributed by atoms with E-state index in [-0.39, 0.29) is 5.91 Å². The third-order valence-electron chi connectivity index (χ3n) is 2.75. The smallest absolute Gasteiger partial charge is 0.276 e. The summed E-state index contributed by atoms with van der Waals surface area (Å²) in [5, 5.41) is 6.38. The van der Waals surface area contributed by atoms with Crippen LogP contribution in [0.15, 0.2) is 30.5 Å². The van der Waals surface area contributed by atoms with Gasteiger partial charge in [0.15, 0.2) is 0 Å². The van der Waals surface area contributed by atoms with Gasteiger partial charge in [0.25, 0.3) is 5.91 Å². The van der Waals surface area contributed by atoms with Crippen LogP contribution < -0.4 is 4.90 Å². The van der Waals surface area contributed by atoms with Gasteiger partial charge in [0.05, 0.1) is 0 Å². The van der Waals surface area contributed by atoms with Crippen molar-refractivity contribution in [3.05, 3.63) is 47.3 Å². The summed E-state index contributed by atoms with van der Waals surface area (Å²) < 4.78 is 0. The molecule has 0 saturated carbocycles. The fraction of sp³-hybridized carbons (Fsp3) is 0.154. The lowest BCUT2D eigenvalue weighted by molar-refractivity contribution is 0.0988. The molecule has 92 valence electrons. The van der Waals surface area contributed by atoms with Crippen molar-refractivity contribution in [3.63, 3.8) is 0 Å². The molecule has 2 rings (SSSR count). The van der Waals surface area contributed by atoms with Gasteiger partial charge in [-0.1, -0.05) is 0 Å². The molecule has 1 amide bonds. The molecular weight excluding hydrogens is 230 g/mol. The van der Waals surface area contributed by atoms with Gasteiger partial charge in [-0.2, -0.15) is 5.10 Å². The summed E-state index contributed by atoms with van der Waals surface area (Å²) >= 11 is 0. The van der Waals surface area contributed by atoms with Gasteiger partial charge in [-0.05, 0) is 36.8 Å². The molecule has 0 spiro atoms. The number of aldehydes is 1. The van der Waals surface area contributed by atoms with Crippen LogP contribution >= 0.6 is 0 Å². The van der Waals surface area contributed by atoms with Gasteiger partial charge in [-0.15, -0.1) is 0 Å². The first-order chi connectivity index (χ1) is 8.63. The Kier molecular flexibility index (Phi) is 3.23. The van der Waals surface area contributed by atoms with Crippen molar-refractivity contribution in [1.82, 2.24) is 10.2 Å². The zero-order chi connectivity index (χ0) is 13.1. The number of aryl methyl sites for hydroxylation is 1. The highest BCUT2D eigenvalue weighted by Gasteiger charge is 2.16. The van der Waals surface area contributed by atoms with E-state index in [0.717, 1.165) is 17.5 Å². The molecule has 0 bridgehead atoms. The predicted octanol–water partition coefficient (Wildman–Crippen LogP) is 1.81. The van der Waals surface area contributed by atoms with Gasteiger partial charge in [-0.3, -0.25) is 14.7 Å². The molecule has 2 aromatic rings. The van der Waals surface area contributed by atoms with Crippen LogP contribution in [-0.4, -0.2) is 29.4 Å². The number of benzene rings is 1. The molecule has 5 nitrogen and oxygen atoms in total. The highest BCUT2D eigenvalue weighted by atomic mass is 16.2. The third kappa shape index (κ3) is 2.15. The molecule has 0 unspecified atom stereocenters. The summed E-state index contributed by atoms with van der Waals surface area (Å²) in [7, 11) is 1.69. The quantitative estimate of drug-likeness (QED) is 0.836. The van der Waals surface area contributed by atoms with Crippen LogP contribution in [0.2, 0.25) is 0 Å². The summed E-state index contributed by atoms with van der Waals surface area (Å²) in [6.45, 7) is 1.86. The minimum absolute atomic E-state index is 0.172. The van der Waals surface area contributed by atoms with E-state index in [1.54, 1.807) is 31.3 Å². The van der Waals surface area contributed by atoms with Gasteiger partial charge in [0.1, 0.15) is 12.0 Å². The van der Waals surface area contributed by atoms with E-state index in [4.69, 9.17) is 0 Å². The minimum atomic E-state index is -0.172. The maximum Gasteiger partial charge on any atom is 0.276 e.